The molecule has 16 heavy (non-hydrogen) atoms. The molecule has 0 amide bonds. The highest BCUT2D eigenvalue weighted by Crippen LogP contribution is 2.23. The third kappa shape index (κ3) is 3.47. The average molecular weight is 227 g/mol. The van der Waals surface area contributed by atoms with Crippen molar-refractivity contribution in [3.63, 3.8) is 0 Å². The van der Waals surface area contributed by atoms with Crippen LogP contribution in [0.3, 0.4) is 0 Å². The van der Waals surface area contributed by atoms with Crippen molar-refractivity contribution < 1.29 is 14.2 Å². The van der Waals surface area contributed by atoms with Gasteiger partial charge in [-0.05, 0) is 44.6 Å². The number of hydrogen-bond acceptors (Lipinski definition) is 3. The maximum Gasteiger partial charge on any atom is 0.165 e. The van der Waals surface area contributed by atoms with Gasteiger partial charge >= 0.3 is 0 Å². The molecular weight excluding hydrogens is 209 g/mol. The zero-order valence-corrected chi connectivity index (χ0v) is 9.66. The first-order chi connectivity index (χ1) is 7.69. The van der Waals surface area contributed by atoms with Gasteiger partial charge in [-0.3, -0.25) is 0 Å². The first-order valence-corrected chi connectivity index (χ1v) is 5.44. The number of nitrogens with one attached hydrogen (secondary N) is 1. The normalized spacial score (nSPS) is 12.5. The minimum Gasteiger partial charge on any atom is -0.491 e. The van der Waals surface area contributed by atoms with Crippen LogP contribution in [0, 0.1) is 5.82 Å². The van der Waals surface area contributed by atoms with Gasteiger partial charge in [0.05, 0.1) is 12.7 Å². The molecule has 1 aromatic rings. The maximum atomic E-state index is 13.5. The van der Waals surface area contributed by atoms with E-state index in [4.69, 9.17) is 4.74 Å². The van der Waals surface area contributed by atoms with Crippen LogP contribution in [0.1, 0.15) is 25.0 Å². The molecule has 1 aromatic carbocycles. The van der Waals surface area contributed by atoms with Crippen LogP contribution in [0.4, 0.5) is 4.39 Å². The van der Waals surface area contributed by atoms with Gasteiger partial charge in [0, 0.05) is 0 Å². The summed E-state index contributed by atoms with van der Waals surface area (Å²) in [7, 11) is 1.81. The summed E-state index contributed by atoms with van der Waals surface area (Å²) >= 11 is 0. The zero-order chi connectivity index (χ0) is 12.0. The molecule has 3 nitrogen and oxygen atoms in total. The lowest BCUT2D eigenvalue weighted by molar-refractivity contribution is 0.167. The average Bonchev–Trinajstić information content (AvgIpc) is 2.29. The Balaban J connectivity index is 2.71. The molecule has 4 heteroatoms. The fraction of sp³-hybridized carbons (Fsp3) is 0.500. The van der Waals surface area contributed by atoms with Crippen molar-refractivity contribution in [2.24, 2.45) is 0 Å². The summed E-state index contributed by atoms with van der Waals surface area (Å²) in [6, 6.07) is 4.57. The number of aliphatic hydroxyl groups is 1. The summed E-state index contributed by atoms with van der Waals surface area (Å²) in [5.74, 6) is -0.199. The van der Waals surface area contributed by atoms with Gasteiger partial charge in [-0.15, -0.1) is 0 Å². The van der Waals surface area contributed by atoms with Crippen molar-refractivity contribution in [2.75, 3.05) is 20.2 Å². The van der Waals surface area contributed by atoms with Gasteiger partial charge in [-0.2, -0.15) is 0 Å². The predicted octanol–water partition coefficient (Wildman–Crippen LogP) is 1.87. The Morgan fingerprint density at radius 2 is 2.25 bits per heavy atom. The summed E-state index contributed by atoms with van der Waals surface area (Å²) in [4.78, 5) is 0. The molecule has 0 heterocycles. The summed E-state index contributed by atoms with van der Waals surface area (Å²) in [5.41, 5.74) is 0.580. The quantitative estimate of drug-likeness (QED) is 0.779. The Kier molecular flexibility index (Phi) is 5.22. The molecule has 0 aromatic heterocycles. The third-order valence-electron chi connectivity index (χ3n) is 2.31. The molecule has 0 aliphatic carbocycles. The van der Waals surface area contributed by atoms with E-state index in [1.807, 2.05) is 7.05 Å². The minimum absolute atomic E-state index is 0.229. The smallest absolute Gasteiger partial charge is 0.165 e. The zero-order valence-electron chi connectivity index (χ0n) is 9.66. The Labute approximate surface area is 95.2 Å². The number of rotatable bonds is 6. The van der Waals surface area contributed by atoms with Crippen molar-refractivity contribution in [2.45, 2.75) is 19.4 Å². The highest BCUT2D eigenvalue weighted by atomic mass is 19.1. The fourth-order valence-corrected chi connectivity index (χ4v) is 1.44. The lowest BCUT2D eigenvalue weighted by atomic mass is 10.1. The molecule has 1 unspecified atom stereocenters. The van der Waals surface area contributed by atoms with E-state index in [-0.39, 0.29) is 5.75 Å². The van der Waals surface area contributed by atoms with E-state index in [1.165, 1.54) is 6.07 Å². The van der Waals surface area contributed by atoms with Crippen molar-refractivity contribution in [3.8, 4) is 5.75 Å². The maximum absolute atomic E-state index is 13.5. The molecule has 0 saturated carbocycles. The van der Waals surface area contributed by atoms with E-state index >= 15 is 0 Å². The Bertz CT molecular complexity index is 331. The fourth-order valence-electron chi connectivity index (χ4n) is 1.44. The van der Waals surface area contributed by atoms with Crippen LogP contribution in [0.25, 0.3) is 0 Å². The second-order valence-corrected chi connectivity index (χ2v) is 3.53. The largest absolute Gasteiger partial charge is 0.491 e. The van der Waals surface area contributed by atoms with Gasteiger partial charge in [0.15, 0.2) is 11.6 Å². The molecule has 90 valence electrons. The molecule has 0 spiro atoms. The number of hydrogen-bond donors (Lipinski definition) is 2. The SMILES string of the molecule is CCOc1ccc(C(O)CCNC)cc1F. The van der Waals surface area contributed by atoms with Crippen molar-refractivity contribution in [1.29, 1.82) is 0 Å². The molecule has 0 saturated heterocycles. The second-order valence-electron chi connectivity index (χ2n) is 3.53. The molecule has 1 atom stereocenters. The number of halogens is 1. The van der Waals surface area contributed by atoms with E-state index in [9.17, 15) is 9.50 Å². The number of aliphatic hydroxyl groups excluding tert-OH is 1. The van der Waals surface area contributed by atoms with E-state index in [2.05, 4.69) is 5.32 Å². The summed E-state index contributed by atoms with van der Waals surface area (Å²) < 4.78 is 18.6. The van der Waals surface area contributed by atoms with Crippen LogP contribution in [-0.2, 0) is 0 Å². The van der Waals surface area contributed by atoms with Crippen LogP contribution in [-0.4, -0.2) is 25.3 Å². The summed E-state index contributed by atoms with van der Waals surface area (Å²) in [6.07, 6.45) is -0.0816. The van der Waals surface area contributed by atoms with E-state index in [0.717, 1.165) is 0 Å². The molecule has 0 aliphatic heterocycles. The molecule has 0 bridgehead atoms. The molecule has 2 N–H and O–H groups in total. The molecular formula is C12H18FNO2. The molecule has 0 aliphatic rings. The van der Waals surface area contributed by atoms with Crippen molar-refractivity contribution in [1.82, 2.24) is 5.32 Å². The third-order valence-corrected chi connectivity index (χ3v) is 2.31. The molecule has 1 rings (SSSR count). The lowest BCUT2D eigenvalue weighted by Crippen LogP contribution is -2.12. The minimum atomic E-state index is -0.641. The summed E-state index contributed by atoms with van der Waals surface area (Å²) in [5, 5.41) is 12.7. The van der Waals surface area contributed by atoms with E-state index in [1.54, 1.807) is 19.1 Å². The Hall–Kier alpha value is -1.13. The monoisotopic (exact) mass is 227 g/mol. The number of ether oxygens (including phenoxy) is 1. The topological polar surface area (TPSA) is 41.5 Å². The first kappa shape index (κ1) is 12.9. The van der Waals surface area contributed by atoms with E-state index in [0.29, 0.717) is 25.1 Å². The predicted molar refractivity (Wildman–Crippen MR) is 61.1 cm³/mol. The van der Waals surface area contributed by atoms with Gasteiger partial charge < -0.3 is 15.2 Å². The van der Waals surface area contributed by atoms with Crippen LogP contribution >= 0.6 is 0 Å². The van der Waals surface area contributed by atoms with Crippen LogP contribution in [0.15, 0.2) is 18.2 Å². The number of benzene rings is 1. The first-order valence-electron chi connectivity index (χ1n) is 5.44. The standard InChI is InChI=1S/C12H18FNO2/c1-3-16-12-5-4-9(8-10(12)13)11(15)6-7-14-2/h4-5,8,11,14-15H,3,6-7H2,1-2H3. The van der Waals surface area contributed by atoms with Crippen molar-refractivity contribution >= 4 is 0 Å². The van der Waals surface area contributed by atoms with Gasteiger partial charge in [-0.1, -0.05) is 6.07 Å². The molecule has 0 fully saturated rings. The Morgan fingerprint density at radius 1 is 1.50 bits per heavy atom. The van der Waals surface area contributed by atoms with E-state index < -0.39 is 11.9 Å². The second kappa shape index (κ2) is 6.45. The van der Waals surface area contributed by atoms with Crippen LogP contribution in [0.2, 0.25) is 0 Å². The Morgan fingerprint density at radius 3 is 2.81 bits per heavy atom. The van der Waals surface area contributed by atoms with Crippen LogP contribution in [0.5, 0.6) is 5.75 Å². The van der Waals surface area contributed by atoms with Gasteiger partial charge in [0.25, 0.3) is 0 Å². The van der Waals surface area contributed by atoms with Gasteiger partial charge in [-0.25, -0.2) is 4.39 Å². The van der Waals surface area contributed by atoms with Gasteiger partial charge in [0.2, 0.25) is 0 Å². The lowest BCUT2D eigenvalue weighted by Gasteiger charge is -2.12. The highest BCUT2D eigenvalue weighted by molar-refractivity contribution is 5.30. The summed E-state index contributed by atoms with van der Waals surface area (Å²) in [6.45, 7) is 2.92. The van der Waals surface area contributed by atoms with Crippen LogP contribution < -0.4 is 10.1 Å². The molecule has 0 radical (unpaired) electrons. The van der Waals surface area contributed by atoms with Crippen molar-refractivity contribution in [3.05, 3.63) is 29.6 Å². The highest BCUT2D eigenvalue weighted by Gasteiger charge is 2.10. The van der Waals surface area contributed by atoms with Gasteiger partial charge in [0.1, 0.15) is 0 Å².